The second-order valence-electron chi connectivity index (χ2n) is 4.15. The molecular weight excluding hydrogens is 245 g/mol. The molecule has 1 atom stereocenters. The van der Waals surface area contributed by atoms with Gasteiger partial charge >= 0.3 is 6.18 Å². The lowest BCUT2D eigenvalue weighted by molar-refractivity contribution is -0.137. The van der Waals surface area contributed by atoms with Gasteiger partial charge in [0, 0.05) is 6.20 Å². The van der Waals surface area contributed by atoms with Gasteiger partial charge in [0.1, 0.15) is 5.65 Å². The third-order valence-electron chi connectivity index (χ3n) is 2.88. The maximum Gasteiger partial charge on any atom is 0.416 e. The summed E-state index contributed by atoms with van der Waals surface area (Å²) in [4.78, 5) is 4.06. The minimum Gasteiger partial charge on any atom is -0.387 e. The Morgan fingerprint density at radius 3 is 2.67 bits per heavy atom. The number of alkyl halides is 3. The number of imidazole rings is 1. The summed E-state index contributed by atoms with van der Waals surface area (Å²) in [5, 5.41) is 9.84. The summed E-state index contributed by atoms with van der Waals surface area (Å²) in [5.41, 5.74) is 0.548. The Morgan fingerprint density at radius 1 is 1.44 bits per heavy atom. The van der Waals surface area contributed by atoms with Crippen molar-refractivity contribution in [2.45, 2.75) is 32.5 Å². The van der Waals surface area contributed by atoms with Gasteiger partial charge in [-0.25, -0.2) is 4.98 Å². The summed E-state index contributed by atoms with van der Waals surface area (Å²) in [5.74, 6) is 0. The molecule has 0 aliphatic rings. The molecule has 0 bridgehead atoms. The normalized spacial score (nSPS) is 14.1. The molecule has 0 saturated heterocycles. The van der Waals surface area contributed by atoms with Crippen molar-refractivity contribution in [3.05, 3.63) is 35.3 Å². The molecule has 2 heterocycles. The highest BCUT2D eigenvalue weighted by Gasteiger charge is 2.31. The number of hydrogen-bond donors (Lipinski definition) is 1. The molecule has 0 fully saturated rings. The summed E-state index contributed by atoms with van der Waals surface area (Å²) in [6.45, 7) is 3.47. The number of rotatable bonds is 2. The first kappa shape index (κ1) is 12.9. The Bertz CT molecular complexity index is 574. The Balaban J connectivity index is 2.62. The molecule has 3 nitrogen and oxygen atoms in total. The number of aromatic nitrogens is 2. The molecule has 2 aromatic rings. The Hall–Kier alpha value is -1.56. The molecule has 2 rings (SSSR count). The standard InChI is InChI=1S/C12H13F3N2O/c1-3-9(18)11-7(2)16-10-6-8(12(13,14)15)4-5-17(10)11/h4-6,9,18H,3H2,1-2H3. The highest BCUT2D eigenvalue weighted by Crippen LogP contribution is 2.31. The molecule has 0 aliphatic heterocycles. The molecule has 0 amide bonds. The average Bonchev–Trinajstić information content (AvgIpc) is 2.61. The van der Waals surface area contributed by atoms with Gasteiger partial charge in [0.25, 0.3) is 0 Å². The maximum absolute atomic E-state index is 12.6. The number of hydrogen-bond acceptors (Lipinski definition) is 2. The van der Waals surface area contributed by atoms with Crippen LogP contribution in [0.25, 0.3) is 5.65 Å². The Morgan fingerprint density at radius 2 is 2.11 bits per heavy atom. The van der Waals surface area contributed by atoms with E-state index in [1.165, 1.54) is 10.6 Å². The zero-order valence-corrected chi connectivity index (χ0v) is 9.99. The molecule has 1 unspecified atom stereocenters. The molecule has 0 saturated carbocycles. The van der Waals surface area contributed by atoms with Crippen molar-refractivity contribution in [2.24, 2.45) is 0 Å². The van der Waals surface area contributed by atoms with E-state index in [9.17, 15) is 18.3 Å². The van der Waals surface area contributed by atoms with Crippen LogP contribution in [0.15, 0.2) is 18.3 Å². The number of fused-ring (bicyclic) bond motifs is 1. The van der Waals surface area contributed by atoms with Crippen LogP contribution in [0.1, 0.15) is 36.4 Å². The van der Waals surface area contributed by atoms with Gasteiger partial charge in [0.05, 0.1) is 23.1 Å². The fourth-order valence-corrected chi connectivity index (χ4v) is 1.95. The molecule has 98 valence electrons. The van der Waals surface area contributed by atoms with E-state index in [1.54, 1.807) is 13.8 Å². The van der Waals surface area contributed by atoms with E-state index in [0.29, 0.717) is 17.8 Å². The lowest BCUT2D eigenvalue weighted by Crippen LogP contribution is -2.07. The van der Waals surface area contributed by atoms with Crippen LogP contribution < -0.4 is 0 Å². The highest BCUT2D eigenvalue weighted by atomic mass is 19.4. The van der Waals surface area contributed by atoms with Gasteiger partial charge < -0.3 is 9.51 Å². The van der Waals surface area contributed by atoms with Gasteiger partial charge in [0.15, 0.2) is 0 Å². The first-order valence-corrected chi connectivity index (χ1v) is 5.58. The fraction of sp³-hybridized carbons (Fsp3) is 0.417. The van der Waals surface area contributed by atoms with Crippen LogP contribution in [0, 0.1) is 6.92 Å². The predicted octanol–water partition coefficient (Wildman–Crippen LogP) is 3.10. The number of aryl methyl sites for hydroxylation is 1. The van der Waals surface area contributed by atoms with Crippen molar-refractivity contribution in [2.75, 3.05) is 0 Å². The van der Waals surface area contributed by atoms with Gasteiger partial charge in [-0.2, -0.15) is 13.2 Å². The minimum absolute atomic E-state index is 0.199. The number of halogens is 3. The van der Waals surface area contributed by atoms with E-state index >= 15 is 0 Å². The molecule has 0 radical (unpaired) electrons. The van der Waals surface area contributed by atoms with E-state index in [4.69, 9.17) is 0 Å². The van der Waals surface area contributed by atoms with Gasteiger partial charge in [-0.15, -0.1) is 0 Å². The van der Waals surface area contributed by atoms with Crippen molar-refractivity contribution >= 4 is 5.65 Å². The van der Waals surface area contributed by atoms with Crippen LogP contribution >= 0.6 is 0 Å². The van der Waals surface area contributed by atoms with E-state index in [-0.39, 0.29) is 5.65 Å². The van der Waals surface area contributed by atoms with Crippen molar-refractivity contribution in [3.8, 4) is 0 Å². The van der Waals surface area contributed by atoms with Gasteiger partial charge in [-0.05, 0) is 25.5 Å². The SMILES string of the molecule is CCC(O)c1c(C)nc2cc(C(F)(F)F)ccn12. The summed E-state index contributed by atoms with van der Waals surface area (Å²) in [6.07, 6.45) is -3.33. The average molecular weight is 258 g/mol. The highest BCUT2D eigenvalue weighted by molar-refractivity contribution is 5.46. The largest absolute Gasteiger partial charge is 0.416 e. The van der Waals surface area contributed by atoms with Crippen LogP contribution in [-0.2, 0) is 6.18 Å². The monoisotopic (exact) mass is 258 g/mol. The van der Waals surface area contributed by atoms with Crippen LogP contribution in [0.4, 0.5) is 13.2 Å². The van der Waals surface area contributed by atoms with Crippen LogP contribution in [0.5, 0.6) is 0 Å². The zero-order chi connectivity index (χ0) is 13.5. The number of pyridine rings is 1. The fourth-order valence-electron chi connectivity index (χ4n) is 1.95. The van der Waals surface area contributed by atoms with Crippen molar-refractivity contribution in [3.63, 3.8) is 0 Å². The molecule has 0 spiro atoms. The maximum atomic E-state index is 12.6. The predicted molar refractivity (Wildman–Crippen MR) is 60.2 cm³/mol. The smallest absolute Gasteiger partial charge is 0.387 e. The van der Waals surface area contributed by atoms with Crippen molar-refractivity contribution in [1.29, 1.82) is 0 Å². The summed E-state index contributed by atoms with van der Waals surface area (Å²) >= 11 is 0. The van der Waals surface area contributed by atoms with E-state index in [1.807, 2.05) is 0 Å². The number of nitrogens with zero attached hydrogens (tertiary/aromatic N) is 2. The van der Waals surface area contributed by atoms with E-state index in [0.717, 1.165) is 12.1 Å². The summed E-state index contributed by atoms with van der Waals surface area (Å²) in [6, 6.07) is 1.97. The first-order chi connectivity index (χ1) is 8.34. The number of aliphatic hydroxyl groups excluding tert-OH is 1. The third-order valence-corrected chi connectivity index (χ3v) is 2.88. The molecule has 0 aromatic carbocycles. The van der Waals surface area contributed by atoms with Crippen LogP contribution in [0.3, 0.4) is 0 Å². The second-order valence-corrected chi connectivity index (χ2v) is 4.15. The first-order valence-electron chi connectivity index (χ1n) is 5.58. The number of aliphatic hydroxyl groups is 1. The minimum atomic E-state index is -4.38. The lowest BCUT2D eigenvalue weighted by atomic mass is 10.1. The molecule has 2 aromatic heterocycles. The lowest BCUT2D eigenvalue weighted by Gasteiger charge is -2.10. The molecular formula is C12H13F3N2O. The van der Waals surface area contributed by atoms with Gasteiger partial charge in [-0.1, -0.05) is 6.92 Å². The Labute approximate surface area is 102 Å². The van der Waals surface area contributed by atoms with E-state index in [2.05, 4.69) is 4.98 Å². The van der Waals surface area contributed by atoms with E-state index < -0.39 is 17.8 Å². The summed E-state index contributed by atoms with van der Waals surface area (Å²) in [7, 11) is 0. The van der Waals surface area contributed by atoms with Gasteiger partial charge in [0.2, 0.25) is 0 Å². The molecule has 6 heteroatoms. The van der Waals surface area contributed by atoms with Crippen molar-refractivity contribution < 1.29 is 18.3 Å². The third kappa shape index (κ3) is 2.08. The summed E-state index contributed by atoms with van der Waals surface area (Å²) < 4.78 is 39.2. The molecule has 1 N–H and O–H groups in total. The van der Waals surface area contributed by atoms with Crippen molar-refractivity contribution in [1.82, 2.24) is 9.38 Å². The quantitative estimate of drug-likeness (QED) is 0.898. The van der Waals surface area contributed by atoms with Crippen LogP contribution in [-0.4, -0.2) is 14.5 Å². The molecule has 18 heavy (non-hydrogen) atoms. The van der Waals surface area contributed by atoms with Crippen LogP contribution in [0.2, 0.25) is 0 Å². The second kappa shape index (κ2) is 4.28. The topological polar surface area (TPSA) is 37.5 Å². The zero-order valence-electron chi connectivity index (χ0n) is 9.99. The molecule has 0 aliphatic carbocycles. The Kier molecular flexibility index (Phi) is 3.06. The van der Waals surface area contributed by atoms with Gasteiger partial charge in [-0.3, -0.25) is 0 Å².